The summed E-state index contributed by atoms with van der Waals surface area (Å²) in [5.41, 5.74) is 0.151. The van der Waals surface area contributed by atoms with Crippen LogP contribution in [-0.2, 0) is 9.53 Å². The Morgan fingerprint density at radius 3 is 2.40 bits per heavy atom. The lowest BCUT2D eigenvalue weighted by Crippen LogP contribution is -2.42. The fraction of sp³-hybridized carbons (Fsp3) is 0.429. The van der Waals surface area contributed by atoms with Gasteiger partial charge < -0.3 is 20.3 Å². The molecule has 1 unspecified atom stereocenters. The maximum atomic E-state index is 12.0. The fourth-order valence-electron chi connectivity index (χ4n) is 1.73. The van der Waals surface area contributed by atoms with Gasteiger partial charge in [-0.2, -0.15) is 0 Å². The van der Waals surface area contributed by atoms with Crippen molar-refractivity contribution in [1.82, 2.24) is 5.32 Å². The Balaban J connectivity index is 2.84. The second-order valence-corrected chi connectivity index (χ2v) is 4.88. The molecule has 0 saturated carbocycles. The van der Waals surface area contributed by atoms with Crippen LogP contribution in [0.25, 0.3) is 0 Å². The lowest BCUT2D eigenvalue weighted by molar-refractivity contribution is -0.143. The zero-order valence-corrected chi connectivity index (χ0v) is 11.7. The summed E-state index contributed by atoms with van der Waals surface area (Å²) in [6.45, 7) is 3.85. The van der Waals surface area contributed by atoms with Crippen LogP contribution >= 0.6 is 0 Å². The van der Waals surface area contributed by atoms with Crippen molar-refractivity contribution in [2.75, 3.05) is 7.11 Å². The van der Waals surface area contributed by atoms with Gasteiger partial charge in [0.15, 0.2) is 11.5 Å². The molecule has 0 heterocycles. The van der Waals surface area contributed by atoms with Gasteiger partial charge in [-0.25, -0.2) is 4.79 Å². The number of nitrogens with one attached hydrogen (secondary N) is 1. The topological polar surface area (TPSA) is 95.9 Å². The second-order valence-electron chi connectivity index (χ2n) is 4.88. The highest BCUT2D eigenvalue weighted by molar-refractivity contribution is 5.97. The molecule has 0 bridgehead atoms. The molecule has 0 aliphatic rings. The normalized spacial score (nSPS) is 12.0. The van der Waals surface area contributed by atoms with Crippen LogP contribution in [0.4, 0.5) is 0 Å². The van der Waals surface area contributed by atoms with E-state index in [1.54, 1.807) is 0 Å². The van der Waals surface area contributed by atoms with Crippen LogP contribution in [0.15, 0.2) is 18.2 Å². The smallest absolute Gasteiger partial charge is 0.328 e. The van der Waals surface area contributed by atoms with Gasteiger partial charge in [-0.05, 0) is 30.5 Å². The second kappa shape index (κ2) is 6.79. The highest BCUT2D eigenvalue weighted by Gasteiger charge is 2.23. The number of hydrogen-bond acceptors (Lipinski definition) is 5. The summed E-state index contributed by atoms with van der Waals surface area (Å²) >= 11 is 0. The van der Waals surface area contributed by atoms with Crippen LogP contribution in [-0.4, -0.2) is 35.2 Å². The zero-order chi connectivity index (χ0) is 15.3. The number of benzene rings is 1. The molecule has 110 valence electrons. The molecule has 0 aliphatic carbocycles. The number of amides is 1. The Labute approximate surface area is 117 Å². The maximum absolute atomic E-state index is 12.0. The minimum atomic E-state index is -0.747. The van der Waals surface area contributed by atoms with Crippen molar-refractivity contribution in [2.24, 2.45) is 5.92 Å². The SMILES string of the molecule is COC(=O)C(CC(C)C)NC(=O)c1ccc(O)c(O)c1. The van der Waals surface area contributed by atoms with E-state index in [2.05, 4.69) is 10.1 Å². The van der Waals surface area contributed by atoms with Gasteiger partial charge in [0.2, 0.25) is 0 Å². The number of phenols is 2. The van der Waals surface area contributed by atoms with E-state index in [0.29, 0.717) is 6.42 Å². The van der Waals surface area contributed by atoms with Gasteiger partial charge in [-0.1, -0.05) is 13.8 Å². The number of rotatable bonds is 5. The minimum absolute atomic E-state index is 0.151. The van der Waals surface area contributed by atoms with Crippen molar-refractivity contribution in [3.63, 3.8) is 0 Å². The molecule has 0 aliphatic heterocycles. The molecule has 6 nitrogen and oxygen atoms in total. The van der Waals surface area contributed by atoms with E-state index in [9.17, 15) is 19.8 Å². The Hall–Kier alpha value is -2.24. The van der Waals surface area contributed by atoms with E-state index in [1.165, 1.54) is 19.2 Å². The molecule has 1 atom stereocenters. The van der Waals surface area contributed by atoms with Crippen LogP contribution in [0.5, 0.6) is 11.5 Å². The third-order valence-corrected chi connectivity index (χ3v) is 2.74. The Bertz CT molecular complexity index is 498. The lowest BCUT2D eigenvalue weighted by atomic mass is 10.0. The van der Waals surface area contributed by atoms with Crippen LogP contribution in [0.2, 0.25) is 0 Å². The summed E-state index contributed by atoms with van der Waals surface area (Å²) in [6.07, 6.45) is 0.447. The summed E-state index contributed by atoms with van der Waals surface area (Å²) < 4.78 is 4.65. The van der Waals surface area contributed by atoms with Gasteiger partial charge >= 0.3 is 5.97 Å². The van der Waals surface area contributed by atoms with Crippen molar-refractivity contribution < 1.29 is 24.5 Å². The molecule has 1 rings (SSSR count). The lowest BCUT2D eigenvalue weighted by Gasteiger charge is -2.18. The molecule has 6 heteroatoms. The summed E-state index contributed by atoms with van der Waals surface area (Å²) in [4.78, 5) is 23.6. The van der Waals surface area contributed by atoms with E-state index >= 15 is 0 Å². The van der Waals surface area contributed by atoms with Crippen molar-refractivity contribution in [2.45, 2.75) is 26.3 Å². The Kier molecular flexibility index (Phi) is 5.37. The summed E-state index contributed by atoms with van der Waals surface area (Å²) in [5.74, 6) is -1.54. The first-order valence-electron chi connectivity index (χ1n) is 6.25. The van der Waals surface area contributed by atoms with E-state index in [4.69, 9.17) is 0 Å². The highest BCUT2D eigenvalue weighted by atomic mass is 16.5. The molecule has 0 radical (unpaired) electrons. The van der Waals surface area contributed by atoms with Gasteiger partial charge in [-0.15, -0.1) is 0 Å². The van der Waals surface area contributed by atoms with Gasteiger partial charge in [-0.3, -0.25) is 4.79 Å². The first kappa shape index (κ1) is 15.8. The number of esters is 1. The molecule has 1 aromatic carbocycles. The molecule has 0 spiro atoms. The standard InChI is InChI=1S/C14H19NO5/c1-8(2)6-10(14(19)20-3)15-13(18)9-4-5-11(16)12(17)7-9/h4-5,7-8,10,16-17H,6H2,1-3H3,(H,15,18). The average molecular weight is 281 g/mol. The average Bonchev–Trinajstić information content (AvgIpc) is 2.39. The molecule has 1 aromatic rings. The van der Waals surface area contributed by atoms with E-state index < -0.39 is 23.7 Å². The van der Waals surface area contributed by atoms with Crippen LogP contribution in [0.3, 0.4) is 0 Å². The predicted octanol–water partition coefficient (Wildman–Crippen LogP) is 1.42. The molecule has 0 saturated heterocycles. The molecular formula is C14H19NO5. The number of ether oxygens (including phenoxy) is 1. The van der Waals surface area contributed by atoms with Crippen LogP contribution in [0.1, 0.15) is 30.6 Å². The summed E-state index contributed by atoms with van der Waals surface area (Å²) in [7, 11) is 1.26. The van der Waals surface area contributed by atoms with Crippen molar-refractivity contribution in [3.8, 4) is 11.5 Å². The van der Waals surface area contributed by atoms with Crippen molar-refractivity contribution >= 4 is 11.9 Å². The van der Waals surface area contributed by atoms with Crippen molar-refractivity contribution in [1.29, 1.82) is 0 Å². The zero-order valence-electron chi connectivity index (χ0n) is 11.7. The summed E-state index contributed by atoms with van der Waals surface area (Å²) in [6, 6.07) is 2.95. The monoisotopic (exact) mass is 281 g/mol. The Morgan fingerprint density at radius 1 is 1.25 bits per heavy atom. The molecule has 0 aromatic heterocycles. The number of hydrogen-bond donors (Lipinski definition) is 3. The third kappa shape index (κ3) is 4.15. The maximum Gasteiger partial charge on any atom is 0.328 e. The van der Waals surface area contributed by atoms with Crippen LogP contribution < -0.4 is 5.32 Å². The van der Waals surface area contributed by atoms with Crippen LogP contribution in [0, 0.1) is 5.92 Å². The quantitative estimate of drug-likeness (QED) is 0.560. The summed E-state index contributed by atoms with van der Waals surface area (Å²) in [5, 5.41) is 21.1. The van der Waals surface area contributed by atoms with Gasteiger partial charge in [0, 0.05) is 5.56 Å². The minimum Gasteiger partial charge on any atom is -0.504 e. The van der Waals surface area contributed by atoms with Gasteiger partial charge in [0.1, 0.15) is 6.04 Å². The first-order chi connectivity index (χ1) is 9.35. The largest absolute Gasteiger partial charge is 0.504 e. The molecular weight excluding hydrogens is 262 g/mol. The van der Waals surface area contributed by atoms with E-state index in [1.807, 2.05) is 13.8 Å². The van der Waals surface area contributed by atoms with E-state index in [0.717, 1.165) is 6.07 Å². The Morgan fingerprint density at radius 2 is 1.90 bits per heavy atom. The third-order valence-electron chi connectivity index (χ3n) is 2.74. The number of methoxy groups -OCH3 is 1. The van der Waals surface area contributed by atoms with E-state index in [-0.39, 0.29) is 17.2 Å². The molecule has 1 amide bonds. The number of carbonyl (C=O) groups excluding carboxylic acids is 2. The number of aromatic hydroxyl groups is 2. The molecule has 0 fully saturated rings. The van der Waals surface area contributed by atoms with Gasteiger partial charge in [0.05, 0.1) is 7.11 Å². The first-order valence-corrected chi connectivity index (χ1v) is 6.25. The number of phenolic OH excluding ortho intramolecular Hbond substituents is 2. The predicted molar refractivity (Wildman–Crippen MR) is 72.5 cm³/mol. The molecule has 20 heavy (non-hydrogen) atoms. The number of carbonyl (C=O) groups is 2. The van der Waals surface area contributed by atoms with Crippen molar-refractivity contribution in [3.05, 3.63) is 23.8 Å². The highest BCUT2D eigenvalue weighted by Crippen LogP contribution is 2.24. The fourth-order valence-corrected chi connectivity index (χ4v) is 1.73. The van der Waals surface area contributed by atoms with Gasteiger partial charge in [0.25, 0.3) is 5.91 Å². The molecule has 3 N–H and O–H groups in total.